The molecule has 7 heteroatoms. The third-order valence-electron chi connectivity index (χ3n) is 3.50. The van der Waals surface area contributed by atoms with Gasteiger partial charge in [0.1, 0.15) is 5.75 Å². The van der Waals surface area contributed by atoms with E-state index in [1.54, 1.807) is 31.2 Å². The van der Waals surface area contributed by atoms with Crippen molar-refractivity contribution < 1.29 is 24.2 Å². The van der Waals surface area contributed by atoms with E-state index in [0.717, 1.165) is 5.56 Å². The van der Waals surface area contributed by atoms with Crippen LogP contribution in [0.15, 0.2) is 48.5 Å². The van der Waals surface area contributed by atoms with Gasteiger partial charge in [-0.15, -0.1) is 0 Å². The lowest BCUT2D eigenvalue weighted by Crippen LogP contribution is -2.36. The normalized spacial score (nSPS) is 10.0. The van der Waals surface area contributed by atoms with Crippen molar-refractivity contribution in [2.45, 2.75) is 13.3 Å². The van der Waals surface area contributed by atoms with Crippen LogP contribution in [0.2, 0.25) is 0 Å². The number of phenolic OH excluding ortho intramolecular Hbond substituents is 1. The number of benzene rings is 2. The fraction of sp³-hybridized carbons (Fsp3) is 0.211. The number of nitrogens with one attached hydrogen (secondary N) is 2. The maximum absolute atomic E-state index is 11.9. The van der Waals surface area contributed by atoms with Gasteiger partial charge in [-0.05, 0) is 55.3 Å². The van der Waals surface area contributed by atoms with Gasteiger partial charge in [0, 0.05) is 12.2 Å². The molecule has 136 valence electrons. The standard InChI is InChI=1S/C19H20N2O5/c1-2-26-19(25)14-5-7-15(8-6-14)21-18(24)17(23)20-12-11-13-3-9-16(22)10-4-13/h3-10,22H,2,11-12H2,1H3,(H,20,23)(H,21,24). The van der Waals surface area contributed by atoms with Crippen molar-refractivity contribution in [1.82, 2.24) is 5.32 Å². The monoisotopic (exact) mass is 356 g/mol. The number of carbonyl (C=O) groups is 3. The first-order valence-corrected chi connectivity index (χ1v) is 8.14. The Balaban J connectivity index is 1.80. The van der Waals surface area contributed by atoms with E-state index in [2.05, 4.69) is 10.6 Å². The molecule has 0 aliphatic rings. The fourth-order valence-corrected chi connectivity index (χ4v) is 2.16. The molecule has 0 aliphatic heterocycles. The molecule has 26 heavy (non-hydrogen) atoms. The van der Waals surface area contributed by atoms with Crippen LogP contribution in [0.4, 0.5) is 5.69 Å². The highest BCUT2D eigenvalue weighted by atomic mass is 16.5. The molecule has 0 heterocycles. The van der Waals surface area contributed by atoms with E-state index in [1.807, 2.05) is 0 Å². The van der Waals surface area contributed by atoms with Gasteiger partial charge < -0.3 is 20.5 Å². The summed E-state index contributed by atoms with van der Waals surface area (Å²) in [6.45, 7) is 2.28. The fourth-order valence-electron chi connectivity index (χ4n) is 2.16. The molecule has 7 nitrogen and oxygen atoms in total. The van der Waals surface area contributed by atoms with Gasteiger partial charge in [-0.1, -0.05) is 12.1 Å². The summed E-state index contributed by atoms with van der Waals surface area (Å²) < 4.78 is 4.87. The zero-order valence-corrected chi connectivity index (χ0v) is 14.3. The Labute approximate surface area is 151 Å². The second-order valence-corrected chi connectivity index (χ2v) is 5.42. The van der Waals surface area contributed by atoms with Crippen molar-refractivity contribution in [3.05, 3.63) is 59.7 Å². The van der Waals surface area contributed by atoms with Gasteiger partial charge in [0.15, 0.2) is 0 Å². The average Bonchev–Trinajstić information content (AvgIpc) is 2.64. The third-order valence-corrected chi connectivity index (χ3v) is 3.50. The molecule has 0 radical (unpaired) electrons. The number of aromatic hydroxyl groups is 1. The average molecular weight is 356 g/mol. The van der Waals surface area contributed by atoms with Gasteiger partial charge in [-0.2, -0.15) is 0 Å². The number of carbonyl (C=O) groups excluding carboxylic acids is 3. The first kappa shape index (κ1) is 19.0. The second-order valence-electron chi connectivity index (χ2n) is 5.42. The SMILES string of the molecule is CCOC(=O)c1ccc(NC(=O)C(=O)NCCc2ccc(O)cc2)cc1. The second kappa shape index (κ2) is 9.22. The zero-order chi connectivity index (χ0) is 18.9. The highest BCUT2D eigenvalue weighted by Crippen LogP contribution is 2.11. The Morgan fingerprint density at radius 3 is 2.23 bits per heavy atom. The molecular weight excluding hydrogens is 336 g/mol. The topological polar surface area (TPSA) is 105 Å². The predicted octanol–water partition coefficient (Wildman–Crippen LogP) is 1.87. The van der Waals surface area contributed by atoms with Gasteiger partial charge >= 0.3 is 17.8 Å². The lowest BCUT2D eigenvalue weighted by Gasteiger charge is -2.07. The number of anilines is 1. The molecule has 0 unspecified atom stereocenters. The molecule has 0 fully saturated rings. The molecule has 0 atom stereocenters. The van der Waals surface area contributed by atoms with Crippen LogP contribution in [0, 0.1) is 0 Å². The Hall–Kier alpha value is -3.35. The molecule has 0 saturated heterocycles. The van der Waals surface area contributed by atoms with E-state index in [1.165, 1.54) is 24.3 Å². The van der Waals surface area contributed by atoms with Gasteiger partial charge in [0.2, 0.25) is 0 Å². The Morgan fingerprint density at radius 2 is 1.62 bits per heavy atom. The van der Waals surface area contributed by atoms with Gasteiger partial charge in [-0.25, -0.2) is 4.79 Å². The maximum atomic E-state index is 11.9. The molecule has 0 spiro atoms. The third kappa shape index (κ3) is 5.62. The van der Waals surface area contributed by atoms with Crippen LogP contribution in [0.1, 0.15) is 22.8 Å². The molecule has 0 aromatic heterocycles. The van der Waals surface area contributed by atoms with Crippen LogP contribution in [0.3, 0.4) is 0 Å². The van der Waals surface area contributed by atoms with E-state index in [0.29, 0.717) is 24.2 Å². The largest absolute Gasteiger partial charge is 0.508 e. The molecule has 2 aromatic carbocycles. The van der Waals surface area contributed by atoms with Crippen LogP contribution in [-0.2, 0) is 20.7 Å². The van der Waals surface area contributed by atoms with Crippen LogP contribution in [0.25, 0.3) is 0 Å². The van der Waals surface area contributed by atoms with Crippen molar-refractivity contribution in [3.63, 3.8) is 0 Å². The molecule has 0 bridgehead atoms. The van der Waals surface area contributed by atoms with E-state index >= 15 is 0 Å². The molecular formula is C19H20N2O5. The predicted molar refractivity (Wildman–Crippen MR) is 95.8 cm³/mol. The minimum atomic E-state index is -0.792. The minimum Gasteiger partial charge on any atom is -0.508 e. The summed E-state index contributed by atoms with van der Waals surface area (Å²) in [6, 6.07) is 12.7. The first-order valence-electron chi connectivity index (χ1n) is 8.14. The van der Waals surface area contributed by atoms with Gasteiger partial charge in [-0.3, -0.25) is 9.59 Å². The number of amides is 2. The van der Waals surface area contributed by atoms with E-state index < -0.39 is 17.8 Å². The summed E-state index contributed by atoms with van der Waals surface area (Å²) in [6.07, 6.45) is 0.535. The maximum Gasteiger partial charge on any atom is 0.338 e. The van der Waals surface area contributed by atoms with Crippen molar-refractivity contribution in [2.24, 2.45) is 0 Å². The van der Waals surface area contributed by atoms with E-state index in [9.17, 15) is 19.5 Å². The Morgan fingerprint density at radius 1 is 0.962 bits per heavy atom. The quantitative estimate of drug-likeness (QED) is 0.541. The summed E-state index contributed by atoms with van der Waals surface area (Å²) in [5.41, 5.74) is 1.69. The summed E-state index contributed by atoms with van der Waals surface area (Å²) in [5, 5.41) is 14.2. The Kier molecular flexibility index (Phi) is 6.73. The molecule has 2 rings (SSSR count). The van der Waals surface area contributed by atoms with Crippen LogP contribution in [0.5, 0.6) is 5.75 Å². The van der Waals surface area contributed by atoms with Gasteiger partial charge in [0.25, 0.3) is 0 Å². The van der Waals surface area contributed by atoms with Crippen molar-refractivity contribution >= 4 is 23.5 Å². The van der Waals surface area contributed by atoms with E-state index in [-0.39, 0.29) is 12.4 Å². The summed E-state index contributed by atoms with van der Waals surface area (Å²) in [4.78, 5) is 35.2. The van der Waals surface area contributed by atoms with Crippen molar-refractivity contribution in [3.8, 4) is 5.75 Å². The highest BCUT2D eigenvalue weighted by Gasteiger charge is 2.13. The smallest absolute Gasteiger partial charge is 0.338 e. The highest BCUT2D eigenvalue weighted by molar-refractivity contribution is 6.39. The summed E-state index contributed by atoms with van der Waals surface area (Å²) >= 11 is 0. The molecule has 0 aliphatic carbocycles. The number of ether oxygens (including phenoxy) is 1. The molecule has 2 amide bonds. The molecule has 3 N–H and O–H groups in total. The lowest BCUT2D eigenvalue weighted by atomic mass is 10.1. The molecule has 2 aromatic rings. The summed E-state index contributed by atoms with van der Waals surface area (Å²) in [5.74, 6) is -1.82. The van der Waals surface area contributed by atoms with Crippen LogP contribution in [-0.4, -0.2) is 36.0 Å². The van der Waals surface area contributed by atoms with Crippen LogP contribution >= 0.6 is 0 Å². The van der Waals surface area contributed by atoms with Crippen molar-refractivity contribution in [2.75, 3.05) is 18.5 Å². The van der Waals surface area contributed by atoms with E-state index in [4.69, 9.17) is 4.74 Å². The van der Waals surface area contributed by atoms with Crippen molar-refractivity contribution in [1.29, 1.82) is 0 Å². The van der Waals surface area contributed by atoms with Crippen LogP contribution < -0.4 is 10.6 Å². The number of rotatable bonds is 6. The number of hydrogen-bond acceptors (Lipinski definition) is 5. The number of esters is 1. The zero-order valence-electron chi connectivity index (χ0n) is 14.3. The summed E-state index contributed by atoms with van der Waals surface area (Å²) in [7, 11) is 0. The lowest BCUT2D eigenvalue weighted by molar-refractivity contribution is -0.136. The Bertz CT molecular complexity index is 770. The number of hydrogen-bond donors (Lipinski definition) is 3. The van der Waals surface area contributed by atoms with Gasteiger partial charge in [0.05, 0.1) is 12.2 Å². The molecule has 0 saturated carbocycles. The first-order chi connectivity index (χ1) is 12.5. The minimum absolute atomic E-state index is 0.172. The number of phenols is 1.